The molecule has 2 aliphatic carbocycles. The molecule has 0 bridgehead atoms. The van der Waals surface area contributed by atoms with E-state index in [0.717, 1.165) is 17.8 Å². The summed E-state index contributed by atoms with van der Waals surface area (Å²) in [6.07, 6.45) is 20.1. The normalized spacial score (nSPS) is 35.0. The summed E-state index contributed by atoms with van der Waals surface area (Å²) in [5.41, 5.74) is 1.58. The van der Waals surface area contributed by atoms with E-state index in [1.54, 1.807) is 5.57 Å². The van der Waals surface area contributed by atoms with E-state index in [2.05, 4.69) is 32.1 Å². The lowest BCUT2D eigenvalue weighted by molar-refractivity contribution is 0.213. The van der Waals surface area contributed by atoms with Gasteiger partial charge in [0.15, 0.2) is 0 Å². The summed E-state index contributed by atoms with van der Waals surface area (Å²) in [6, 6.07) is 0. The molecule has 18 heavy (non-hydrogen) atoms. The summed E-state index contributed by atoms with van der Waals surface area (Å²) < 4.78 is 0. The van der Waals surface area contributed by atoms with Crippen molar-refractivity contribution in [2.45, 2.75) is 71.6 Å². The SMILES string of the molecule is CC/C=C1\C=CC(C2CCC(CCC)CC2)CC1. The van der Waals surface area contributed by atoms with Crippen LogP contribution in [0.4, 0.5) is 0 Å². The minimum atomic E-state index is 0.890. The summed E-state index contributed by atoms with van der Waals surface area (Å²) in [5.74, 6) is 2.94. The standard InChI is InChI=1S/C18H30/c1-3-5-15-7-11-17(12-8-15)18-13-9-16(6-4-2)10-14-18/h5,7,11,16-18H,3-4,6,8-10,12-14H2,1-2H3/b15-5+. The van der Waals surface area contributed by atoms with Gasteiger partial charge in [0, 0.05) is 0 Å². The third kappa shape index (κ3) is 3.73. The molecule has 0 saturated heterocycles. The first kappa shape index (κ1) is 13.9. The van der Waals surface area contributed by atoms with Crippen LogP contribution < -0.4 is 0 Å². The molecule has 102 valence electrons. The highest BCUT2D eigenvalue weighted by Gasteiger charge is 2.26. The van der Waals surface area contributed by atoms with Crippen molar-refractivity contribution in [1.82, 2.24) is 0 Å². The molecule has 0 aromatic heterocycles. The van der Waals surface area contributed by atoms with Gasteiger partial charge >= 0.3 is 0 Å². The zero-order valence-electron chi connectivity index (χ0n) is 12.3. The molecular formula is C18H30. The molecule has 1 atom stereocenters. The van der Waals surface area contributed by atoms with Gasteiger partial charge in [-0.25, -0.2) is 0 Å². The van der Waals surface area contributed by atoms with E-state index < -0.39 is 0 Å². The molecule has 0 N–H and O–H groups in total. The third-order valence-corrected chi connectivity index (χ3v) is 4.98. The van der Waals surface area contributed by atoms with Gasteiger partial charge in [-0.3, -0.25) is 0 Å². The molecule has 2 rings (SSSR count). The van der Waals surface area contributed by atoms with E-state index in [4.69, 9.17) is 0 Å². The van der Waals surface area contributed by atoms with Gasteiger partial charge in [0.2, 0.25) is 0 Å². The molecule has 0 aliphatic heterocycles. The molecule has 1 unspecified atom stereocenters. The maximum atomic E-state index is 2.52. The van der Waals surface area contributed by atoms with Gasteiger partial charge in [0.05, 0.1) is 0 Å². The van der Waals surface area contributed by atoms with Gasteiger partial charge < -0.3 is 0 Å². The fraction of sp³-hybridized carbons (Fsp3) is 0.778. The third-order valence-electron chi connectivity index (χ3n) is 4.98. The van der Waals surface area contributed by atoms with Gasteiger partial charge in [-0.15, -0.1) is 0 Å². The second-order valence-electron chi connectivity index (χ2n) is 6.32. The first-order valence-electron chi connectivity index (χ1n) is 8.20. The van der Waals surface area contributed by atoms with Crippen LogP contribution in [0.15, 0.2) is 23.8 Å². The van der Waals surface area contributed by atoms with E-state index in [0.29, 0.717) is 0 Å². The van der Waals surface area contributed by atoms with E-state index in [1.165, 1.54) is 57.8 Å². The number of hydrogen-bond acceptors (Lipinski definition) is 0. The molecular weight excluding hydrogens is 216 g/mol. The Morgan fingerprint density at radius 3 is 2.44 bits per heavy atom. The lowest BCUT2D eigenvalue weighted by atomic mass is 9.72. The van der Waals surface area contributed by atoms with E-state index >= 15 is 0 Å². The summed E-state index contributed by atoms with van der Waals surface area (Å²) in [4.78, 5) is 0. The molecule has 0 heterocycles. The highest BCUT2D eigenvalue weighted by Crippen LogP contribution is 2.39. The average Bonchev–Trinajstić information content (AvgIpc) is 2.41. The first-order chi connectivity index (χ1) is 8.83. The van der Waals surface area contributed by atoms with Crippen molar-refractivity contribution in [2.75, 3.05) is 0 Å². The van der Waals surface area contributed by atoms with E-state index in [1.807, 2.05) is 0 Å². The van der Waals surface area contributed by atoms with Gasteiger partial charge in [-0.1, -0.05) is 63.3 Å². The number of allylic oxidation sites excluding steroid dienone is 4. The Morgan fingerprint density at radius 1 is 1.11 bits per heavy atom. The highest BCUT2D eigenvalue weighted by atomic mass is 14.3. The lowest BCUT2D eigenvalue weighted by Gasteiger charge is -2.34. The Kier molecular flexibility index (Phi) is 5.53. The number of rotatable bonds is 4. The van der Waals surface area contributed by atoms with E-state index in [-0.39, 0.29) is 0 Å². The molecule has 0 nitrogen and oxygen atoms in total. The minimum Gasteiger partial charge on any atom is -0.0816 e. The van der Waals surface area contributed by atoms with Crippen LogP contribution in [0.3, 0.4) is 0 Å². The van der Waals surface area contributed by atoms with Crippen LogP contribution in [-0.4, -0.2) is 0 Å². The molecule has 0 radical (unpaired) electrons. The van der Waals surface area contributed by atoms with Crippen LogP contribution in [0.25, 0.3) is 0 Å². The second kappa shape index (κ2) is 7.16. The molecule has 0 spiro atoms. The largest absolute Gasteiger partial charge is 0.0816 e. The average molecular weight is 246 g/mol. The molecule has 0 aromatic carbocycles. The summed E-state index contributed by atoms with van der Waals surface area (Å²) in [6.45, 7) is 4.57. The molecule has 2 aliphatic rings. The Morgan fingerprint density at radius 2 is 1.89 bits per heavy atom. The van der Waals surface area contributed by atoms with Gasteiger partial charge in [0.25, 0.3) is 0 Å². The highest BCUT2D eigenvalue weighted by molar-refractivity contribution is 5.22. The quantitative estimate of drug-likeness (QED) is 0.579. The predicted molar refractivity (Wildman–Crippen MR) is 80.6 cm³/mol. The molecule has 1 saturated carbocycles. The van der Waals surface area contributed by atoms with Crippen LogP contribution in [-0.2, 0) is 0 Å². The lowest BCUT2D eigenvalue weighted by Crippen LogP contribution is -2.22. The molecule has 1 fully saturated rings. The van der Waals surface area contributed by atoms with Crippen molar-refractivity contribution in [2.24, 2.45) is 17.8 Å². The van der Waals surface area contributed by atoms with Gasteiger partial charge in [0.1, 0.15) is 0 Å². The minimum absolute atomic E-state index is 0.890. The fourth-order valence-corrected chi connectivity index (χ4v) is 3.90. The van der Waals surface area contributed by atoms with Crippen molar-refractivity contribution < 1.29 is 0 Å². The van der Waals surface area contributed by atoms with Crippen LogP contribution in [0.5, 0.6) is 0 Å². The van der Waals surface area contributed by atoms with Crippen molar-refractivity contribution in [1.29, 1.82) is 0 Å². The Labute approximate surface area is 114 Å². The summed E-state index contributed by atoms with van der Waals surface area (Å²) in [7, 11) is 0. The van der Waals surface area contributed by atoms with Crippen LogP contribution in [0.1, 0.15) is 71.6 Å². The molecule has 0 heteroatoms. The Balaban J connectivity index is 1.81. The zero-order valence-corrected chi connectivity index (χ0v) is 12.3. The van der Waals surface area contributed by atoms with Crippen LogP contribution in [0.2, 0.25) is 0 Å². The van der Waals surface area contributed by atoms with E-state index in [9.17, 15) is 0 Å². The van der Waals surface area contributed by atoms with Gasteiger partial charge in [-0.2, -0.15) is 0 Å². The Hall–Kier alpha value is -0.520. The second-order valence-corrected chi connectivity index (χ2v) is 6.32. The number of hydrogen-bond donors (Lipinski definition) is 0. The summed E-state index contributed by atoms with van der Waals surface area (Å²) >= 11 is 0. The fourth-order valence-electron chi connectivity index (χ4n) is 3.90. The van der Waals surface area contributed by atoms with Crippen molar-refractivity contribution in [3.63, 3.8) is 0 Å². The first-order valence-corrected chi connectivity index (χ1v) is 8.20. The van der Waals surface area contributed by atoms with Gasteiger partial charge in [-0.05, 0) is 49.9 Å². The maximum absolute atomic E-state index is 2.52. The van der Waals surface area contributed by atoms with Crippen molar-refractivity contribution in [3.8, 4) is 0 Å². The van der Waals surface area contributed by atoms with Crippen molar-refractivity contribution >= 4 is 0 Å². The topological polar surface area (TPSA) is 0 Å². The zero-order chi connectivity index (χ0) is 12.8. The predicted octanol–water partition coefficient (Wildman–Crippen LogP) is 5.90. The summed E-state index contributed by atoms with van der Waals surface area (Å²) in [5, 5.41) is 0. The Bertz CT molecular complexity index is 289. The maximum Gasteiger partial charge on any atom is -0.0199 e. The molecule has 0 amide bonds. The monoisotopic (exact) mass is 246 g/mol. The van der Waals surface area contributed by atoms with Crippen LogP contribution >= 0.6 is 0 Å². The van der Waals surface area contributed by atoms with Crippen LogP contribution in [0, 0.1) is 17.8 Å². The van der Waals surface area contributed by atoms with Crippen molar-refractivity contribution in [3.05, 3.63) is 23.8 Å². The molecule has 0 aromatic rings. The smallest absolute Gasteiger partial charge is 0.0199 e.